The summed E-state index contributed by atoms with van der Waals surface area (Å²) in [7, 11) is 0. The van der Waals surface area contributed by atoms with E-state index in [0.717, 1.165) is 12.1 Å². The number of hydrogen-bond acceptors (Lipinski definition) is 4. The molecule has 3 aromatic rings. The van der Waals surface area contributed by atoms with Crippen LogP contribution >= 0.6 is 0 Å². The molecule has 0 spiro atoms. The number of rotatable bonds is 5. The van der Waals surface area contributed by atoms with E-state index in [9.17, 15) is 13.2 Å². The second-order valence-corrected chi connectivity index (χ2v) is 7.24. The van der Waals surface area contributed by atoms with Crippen molar-refractivity contribution >= 4 is 5.69 Å². The molecule has 0 atom stereocenters. The van der Waals surface area contributed by atoms with Gasteiger partial charge in [-0.3, -0.25) is 0 Å². The van der Waals surface area contributed by atoms with Gasteiger partial charge in [0.05, 0.1) is 5.56 Å². The lowest BCUT2D eigenvalue weighted by Crippen LogP contribution is -2.31. The first-order valence-electron chi connectivity index (χ1n) is 8.75. The highest BCUT2D eigenvalue weighted by molar-refractivity contribution is 5.60. The minimum Gasteiger partial charge on any atom is -0.477 e. The molecule has 1 aromatic heterocycles. The number of benzene rings is 2. The number of halogens is 3. The van der Waals surface area contributed by atoms with Gasteiger partial charge in [0, 0.05) is 17.8 Å². The fourth-order valence-corrected chi connectivity index (χ4v) is 2.97. The van der Waals surface area contributed by atoms with Crippen LogP contribution in [0.2, 0.25) is 0 Å². The van der Waals surface area contributed by atoms with Crippen LogP contribution in [-0.2, 0) is 5.60 Å². The zero-order chi connectivity index (χ0) is 20.6. The third-order valence-electron chi connectivity index (χ3n) is 4.24. The van der Waals surface area contributed by atoms with Gasteiger partial charge >= 0.3 is 0 Å². The topological polar surface area (TPSA) is 66.0 Å². The van der Waals surface area contributed by atoms with Gasteiger partial charge in [0.1, 0.15) is 11.6 Å². The van der Waals surface area contributed by atoms with Crippen LogP contribution in [0.4, 0.5) is 18.9 Å². The largest absolute Gasteiger partial charge is 0.477 e. The highest BCUT2D eigenvalue weighted by Gasteiger charge is 2.33. The van der Waals surface area contributed by atoms with E-state index < -0.39 is 23.1 Å². The lowest BCUT2D eigenvalue weighted by atomic mass is 10.1. The van der Waals surface area contributed by atoms with Crippen LogP contribution < -0.4 is 10.5 Å². The highest BCUT2D eigenvalue weighted by atomic mass is 19.1. The monoisotopic (exact) mass is 390 g/mol. The first-order valence-corrected chi connectivity index (χ1v) is 8.75. The molecule has 0 amide bonds. The summed E-state index contributed by atoms with van der Waals surface area (Å²) >= 11 is 0. The molecular weight excluding hydrogens is 369 g/mol. The van der Waals surface area contributed by atoms with E-state index in [1.807, 2.05) is 13.8 Å². The first-order chi connectivity index (χ1) is 13.1. The summed E-state index contributed by atoms with van der Waals surface area (Å²) in [5.74, 6) is -1.49. The molecule has 1 heterocycles. The lowest BCUT2D eigenvalue weighted by molar-refractivity contribution is 0.0869. The van der Waals surface area contributed by atoms with Crippen molar-refractivity contribution < 1.29 is 17.9 Å². The Bertz CT molecular complexity index is 1010. The summed E-state index contributed by atoms with van der Waals surface area (Å²) in [5.41, 5.74) is 5.04. The highest BCUT2D eigenvalue weighted by Crippen LogP contribution is 2.33. The Labute approximate surface area is 161 Å². The van der Waals surface area contributed by atoms with Crippen molar-refractivity contribution in [3.8, 4) is 17.1 Å². The molecule has 3 rings (SSSR count). The Morgan fingerprint density at radius 2 is 1.71 bits per heavy atom. The van der Waals surface area contributed by atoms with E-state index in [1.54, 1.807) is 24.5 Å². The molecule has 0 saturated carbocycles. The number of ether oxygens (including phenoxy) is 1. The molecule has 0 saturated heterocycles. The number of nitrogens with two attached hydrogens (primary N) is 1. The summed E-state index contributed by atoms with van der Waals surface area (Å²) in [5, 5.41) is 8.33. The number of anilines is 1. The maximum absolute atomic E-state index is 14.4. The molecule has 5 nitrogen and oxygen atoms in total. The molecule has 8 heteroatoms. The molecule has 0 fully saturated rings. The van der Waals surface area contributed by atoms with Gasteiger partial charge in [-0.25, -0.2) is 13.2 Å². The molecule has 2 N–H and O–H groups in total. The van der Waals surface area contributed by atoms with Crippen molar-refractivity contribution in [1.29, 1.82) is 0 Å². The smallest absolute Gasteiger partial charge is 0.177 e. The van der Waals surface area contributed by atoms with Crippen LogP contribution in [0.5, 0.6) is 5.75 Å². The zero-order valence-corrected chi connectivity index (χ0v) is 16.0. The molecule has 0 aliphatic carbocycles. The maximum Gasteiger partial charge on any atom is 0.177 e. The van der Waals surface area contributed by atoms with E-state index in [2.05, 4.69) is 10.2 Å². The number of hydrogen-bond donors (Lipinski definition) is 1. The Morgan fingerprint density at radius 3 is 2.32 bits per heavy atom. The Balaban J connectivity index is 2.07. The SMILES string of the molecule is CC(C)n1c(-c2ccc(N)cc2F)nnc1C(C)(C)Oc1ccc(F)cc1F. The molecule has 0 radical (unpaired) electrons. The van der Waals surface area contributed by atoms with E-state index in [-0.39, 0.29) is 17.4 Å². The Hall–Kier alpha value is -3.03. The van der Waals surface area contributed by atoms with Crippen LogP contribution in [0.25, 0.3) is 11.4 Å². The summed E-state index contributed by atoms with van der Waals surface area (Å²) in [6.45, 7) is 7.14. The lowest BCUT2D eigenvalue weighted by Gasteiger charge is -2.28. The third-order valence-corrected chi connectivity index (χ3v) is 4.24. The average molecular weight is 390 g/mol. The van der Waals surface area contributed by atoms with Crippen molar-refractivity contribution in [2.75, 3.05) is 5.73 Å². The standard InChI is InChI=1S/C20H21F3N4O/c1-11(2)27-18(14-7-6-13(24)10-15(14)22)25-26-19(27)20(3,4)28-17-8-5-12(21)9-16(17)23/h5-11H,24H2,1-4H3. The van der Waals surface area contributed by atoms with Crippen LogP contribution in [0.3, 0.4) is 0 Å². The van der Waals surface area contributed by atoms with E-state index in [4.69, 9.17) is 10.5 Å². The Kier molecular flexibility index (Phi) is 5.06. The second-order valence-electron chi connectivity index (χ2n) is 7.24. The molecule has 0 bridgehead atoms. The Morgan fingerprint density at radius 1 is 1.00 bits per heavy atom. The number of nitrogens with zero attached hydrogens (tertiary/aromatic N) is 3. The first kappa shape index (κ1) is 19.7. The van der Waals surface area contributed by atoms with Crippen LogP contribution in [-0.4, -0.2) is 14.8 Å². The third kappa shape index (κ3) is 3.67. The maximum atomic E-state index is 14.4. The predicted octanol–water partition coefficient (Wildman–Crippen LogP) is 4.84. The van der Waals surface area contributed by atoms with Gasteiger partial charge in [0.15, 0.2) is 28.8 Å². The summed E-state index contributed by atoms with van der Waals surface area (Å²) in [6.07, 6.45) is 0. The molecule has 0 unspecified atom stereocenters. The molecule has 0 aliphatic heterocycles. The van der Waals surface area contributed by atoms with Gasteiger partial charge in [-0.15, -0.1) is 10.2 Å². The number of aromatic nitrogens is 3. The number of nitrogen functional groups attached to an aromatic ring is 1. The van der Waals surface area contributed by atoms with Crippen LogP contribution in [0.1, 0.15) is 39.6 Å². The van der Waals surface area contributed by atoms with Gasteiger partial charge < -0.3 is 15.0 Å². The minimum absolute atomic E-state index is 0.120. The van der Waals surface area contributed by atoms with E-state index in [1.165, 1.54) is 18.2 Å². The van der Waals surface area contributed by atoms with Crippen molar-refractivity contribution in [3.05, 3.63) is 59.7 Å². The van der Waals surface area contributed by atoms with Crippen LogP contribution in [0.15, 0.2) is 36.4 Å². The minimum atomic E-state index is -1.13. The van der Waals surface area contributed by atoms with Crippen molar-refractivity contribution in [2.24, 2.45) is 0 Å². The summed E-state index contributed by atoms with van der Waals surface area (Å²) in [4.78, 5) is 0. The molecule has 0 aliphatic rings. The van der Waals surface area contributed by atoms with Gasteiger partial charge in [-0.1, -0.05) is 0 Å². The van der Waals surface area contributed by atoms with Gasteiger partial charge in [-0.2, -0.15) is 0 Å². The fraction of sp³-hybridized carbons (Fsp3) is 0.300. The van der Waals surface area contributed by atoms with E-state index >= 15 is 0 Å². The van der Waals surface area contributed by atoms with Gasteiger partial charge in [0.2, 0.25) is 0 Å². The quantitative estimate of drug-likeness (QED) is 0.633. The summed E-state index contributed by atoms with van der Waals surface area (Å²) in [6, 6.07) is 7.24. The fourth-order valence-electron chi connectivity index (χ4n) is 2.97. The molecule has 28 heavy (non-hydrogen) atoms. The van der Waals surface area contributed by atoms with Gasteiger partial charge in [0.25, 0.3) is 0 Å². The normalized spacial score (nSPS) is 11.9. The van der Waals surface area contributed by atoms with Crippen LogP contribution in [0, 0.1) is 17.5 Å². The second kappa shape index (κ2) is 7.18. The average Bonchev–Trinajstić information content (AvgIpc) is 3.03. The summed E-state index contributed by atoms with van der Waals surface area (Å²) < 4.78 is 49.2. The predicted molar refractivity (Wildman–Crippen MR) is 100 cm³/mol. The molecular formula is C20H21F3N4O. The van der Waals surface area contributed by atoms with E-state index in [0.29, 0.717) is 17.3 Å². The zero-order valence-electron chi connectivity index (χ0n) is 16.0. The van der Waals surface area contributed by atoms with Crippen molar-refractivity contribution in [3.63, 3.8) is 0 Å². The molecule has 2 aromatic carbocycles. The van der Waals surface area contributed by atoms with Crippen molar-refractivity contribution in [2.45, 2.75) is 39.3 Å². The van der Waals surface area contributed by atoms with Crippen molar-refractivity contribution in [1.82, 2.24) is 14.8 Å². The van der Waals surface area contributed by atoms with Gasteiger partial charge in [-0.05, 0) is 58.0 Å². The molecule has 148 valence electrons.